The molecule has 2 heteroatoms. The van der Waals surface area contributed by atoms with E-state index in [-0.39, 0.29) is 0 Å². The first kappa shape index (κ1) is 7.07. The summed E-state index contributed by atoms with van der Waals surface area (Å²) >= 11 is 1.91. The standard InChI is InChI=1S/C9H8SSi/c1-11-9-6-7-4-2-3-5-8(7)10-9/h2-6H,1H3. The Bertz CT molecular complexity index is 331. The highest BCUT2D eigenvalue weighted by Gasteiger charge is 1.97. The quantitative estimate of drug-likeness (QED) is 0.585. The van der Waals surface area contributed by atoms with Crippen LogP contribution in [-0.4, -0.2) is 9.52 Å². The van der Waals surface area contributed by atoms with Crippen molar-refractivity contribution in [3.63, 3.8) is 0 Å². The van der Waals surface area contributed by atoms with Crippen LogP contribution in [0.2, 0.25) is 6.55 Å². The van der Waals surface area contributed by atoms with Gasteiger partial charge in [0.05, 0.1) is 9.52 Å². The molecule has 2 aromatic rings. The number of thiophene rings is 1. The van der Waals surface area contributed by atoms with Gasteiger partial charge in [0.2, 0.25) is 0 Å². The Hall–Kier alpha value is -0.603. The lowest BCUT2D eigenvalue weighted by Gasteiger charge is -1.82. The van der Waals surface area contributed by atoms with Crippen LogP contribution in [0.4, 0.5) is 0 Å². The molecule has 0 aliphatic rings. The monoisotopic (exact) mass is 176 g/mol. The van der Waals surface area contributed by atoms with Gasteiger partial charge in [-0.05, 0) is 22.0 Å². The number of hydrogen-bond acceptors (Lipinski definition) is 1. The summed E-state index contributed by atoms with van der Waals surface area (Å²) in [4.78, 5) is 0. The van der Waals surface area contributed by atoms with Crippen LogP contribution in [-0.2, 0) is 0 Å². The van der Waals surface area contributed by atoms with Crippen molar-refractivity contribution in [1.82, 2.24) is 0 Å². The largest absolute Gasteiger partial charge is 0.146 e. The van der Waals surface area contributed by atoms with Crippen LogP contribution < -0.4 is 4.50 Å². The lowest BCUT2D eigenvalue weighted by molar-refractivity contribution is 1.86. The molecule has 0 N–H and O–H groups in total. The molecular weight excluding hydrogens is 168 g/mol. The van der Waals surface area contributed by atoms with Crippen molar-refractivity contribution in [1.29, 1.82) is 0 Å². The first-order chi connectivity index (χ1) is 5.40. The lowest BCUT2D eigenvalue weighted by atomic mass is 10.3. The highest BCUT2D eigenvalue weighted by Crippen LogP contribution is 2.17. The van der Waals surface area contributed by atoms with Gasteiger partial charge in [-0.3, -0.25) is 0 Å². The summed E-state index contributed by atoms with van der Waals surface area (Å²) in [6.07, 6.45) is 0. The molecule has 0 aliphatic heterocycles. The summed E-state index contributed by atoms with van der Waals surface area (Å²) in [7, 11) is 0.932. The Kier molecular flexibility index (Phi) is 1.80. The number of fused-ring (bicyclic) bond motifs is 1. The highest BCUT2D eigenvalue weighted by atomic mass is 32.1. The van der Waals surface area contributed by atoms with Gasteiger partial charge in [0.25, 0.3) is 0 Å². The molecule has 1 aromatic carbocycles. The average Bonchev–Trinajstić information content (AvgIpc) is 2.46. The summed E-state index contributed by atoms with van der Waals surface area (Å²) in [5, 5.41) is 1.39. The fraction of sp³-hybridized carbons (Fsp3) is 0.111. The molecule has 0 spiro atoms. The van der Waals surface area contributed by atoms with Gasteiger partial charge in [-0.1, -0.05) is 24.7 Å². The van der Waals surface area contributed by atoms with Crippen molar-refractivity contribution in [2.75, 3.05) is 0 Å². The van der Waals surface area contributed by atoms with Crippen molar-refractivity contribution in [3.8, 4) is 0 Å². The molecule has 2 radical (unpaired) electrons. The second-order valence-electron chi connectivity index (χ2n) is 2.40. The minimum atomic E-state index is 0.932. The van der Waals surface area contributed by atoms with E-state index >= 15 is 0 Å². The fourth-order valence-electron chi connectivity index (χ4n) is 1.11. The van der Waals surface area contributed by atoms with Gasteiger partial charge in [-0.2, -0.15) is 0 Å². The van der Waals surface area contributed by atoms with Crippen LogP contribution in [0.15, 0.2) is 30.3 Å². The molecule has 0 saturated carbocycles. The summed E-state index contributed by atoms with van der Waals surface area (Å²) in [5.41, 5.74) is 0. The van der Waals surface area contributed by atoms with Crippen molar-refractivity contribution < 1.29 is 0 Å². The maximum Gasteiger partial charge on any atom is 0.0917 e. The van der Waals surface area contributed by atoms with Gasteiger partial charge in [-0.25, -0.2) is 0 Å². The lowest BCUT2D eigenvalue weighted by Crippen LogP contribution is -2.01. The van der Waals surface area contributed by atoms with Crippen molar-refractivity contribution in [3.05, 3.63) is 30.3 Å². The van der Waals surface area contributed by atoms with E-state index in [0.717, 1.165) is 9.52 Å². The third kappa shape index (κ3) is 1.24. The van der Waals surface area contributed by atoms with Crippen LogP contribution in [0.3, 0.4) is 0 Å². The Morgan fingerprint density at radius 2 is 2.09 bits per heavy atom. The molecule has 0 fully saturated rings. The minimum Gasteiger partial charge on any atom is -0.146 e. The van der Waals surface area contributed by atoms with Gasteiger partial charge < -0.3 is 0 Å². The third-order valence-corrected chi connectivity index (χ3v) is 4.16. The molecule has 1 aromatic heterocycles. The average molecular weight is 176 g/mol. The smallest absolute Gasteiger partial charge is 0.0917 e. The van der Waals surface area contributed by atoms with Crippen molar-refractivity contribution in [2.45, 2.75) is 6.55 Å². The molecular formula is C9H8SSi. The first-order valence-corrected chi connectivity index (χ1v) is 5.88. The predicted molar refractivity (Wildman–Crippen MR) is 53.1 cm³/mol. The minimum absolute atomic E-state index is 0.932. The molecule has 11 heavy (non-hydrogen) atoms. The second kappa shape index (κ2) is 2.79. The van der Waals surface area contributed by atoms with Gasteiger partial charge in [-0.15, -0.1) is 11.3 Å². The normalized spacial score (nSPS) is 10.6. The van der Waals surface area contributed by atoms with E-state index in [1.165, 1.54) is 14.6 Å². The zero-order chi connectivity index (χ0) is 7.68. The van der Waals surface area contributed by atoms with Crippen molar-refractivity contribution in [2.24, 2.45) is 0 Å². The van der Waals surface area contributed by atoms with Gasteiger partial charge >= 0.3 is 0 Å². The van der Waals surface area contributed by atoms with Crippen LogP contribution in [0, 0.1) is 0 Å². The third-order valence-electron chi connectivity index (χ3n) is 1.67. The summed E-state index contributed by atoms with van der Waals surface area (Å²) < 4.78 is 2.92. The Morgan fingerprint density at radius 3 is 2.82 bits per heavy atom. The zero-order valence-corrected chi connectivity index (χ0v) is 8.11. The Balaban J connectivity index is 2.69. The Morgan fingerprint density at radius 1 is 1.27 bits per heavy atom. The van der Waals surface area contributed by atoms with Gasteiger partial charge in [0.1, 0.15) is 0 Å². The van der Waals surface area contributed by atoms with E-state index in [0.29, 0.717) is 0 Å². The molecule has 0 aliphatic carbocycles. The van der Waals surface area contributed by atoms with E-state index in [2.05, 4.69) is 36.9 Å². The number of benzene rings is 1. The predicted octanol–water partition coefficient (Wildman–Crippen LogP) is 2.28. The van der Waals surface area contributed by atoms with E-state index in [9.17, 15) is 0 Å². The Labute approximate surface area is 72.7 Å². The van der Waals surface area contributed by atoms with E-state index < -0.39 is 0 Å². The van der Waals surface area contributed by atoms with Crippen molar-refractivity contribution >= 4 is 35.4 Å². The summed E-state index contributed by atoms with van der Waals surface area (Å²) in [6, 6.07) is 10.8. The van der Waals surface area contributed by atoms with E-state index in [1.54, 1.807) is 0 Å². The second-order valence-corrected chi connectivity index (χ2v) is 4.88. The summed E-state index contributed by atoms with van der Waals surface area (Å²) in [6.45, 7) is 2.23. The van der Waals surface area contributed by atoms with Crippen LogP contribution in [0.25, 0.3) is 10.1 Å². The number of rotatable bonds is 1. The van der Waals surface area contributed by atoms with Gasteiger partial charge in [0, 0.05) is 4.70 Å². The number of hydrogen-bond donors (Lipinski definition) is 0. The van der Waals surface area contributed by atoms with Crippen LogP contribution >= 0.6 is 11.3 Å². The molecule has 0 unspecified atom stereocenters. The fourth-order valence-corrected chi connectivity index (χ4v) is 2.96. The molecule has 1 heterocycles. The highest BCUT2D eigenvalue weighted by molar-refractivity contribution is 7.27. The summed E-state index contributed by atoms with van der Waals surface area (Å²) in [5.74, 6) is 0. The van der Waals surface area contributed by atoms with Crippen LogP contribution in [0.5, 0.6) is 0 Å². The topological polar surface area (TPSA) is 0 Å². The molecule has 0 atom stereocenters. The van der Waals surface area contributed by atoms with E-state index in [4.69, 9.17) is 0 Å². The molecule has 0 saturated heterocycles. The molecule has 54 valence electrons. The van der Waals surface area contributed by atoms with Crippen LogP contribution in [0.1, 0.15) is 0 Å². The first-order valence-electron chi connectivity index (χ1n) is 3.56. The zero-order valence-electron chi connectivity index (χ0n) is 6.29. The van der Waals surface area contributed by atoms with Gasteiger partial charge in [0.15, 0.2) is 0 Å². The maximum absolute atomic E-state index is 2.29. The molecule has 0 bridgehead atoms. The molecule has 0 nitrogen and oxygen atoms in total. The van der Waals surface area contributed by atoms with E-state index in [1.807, 2.05) is 11.3 Å². The molecule has 2 rings (SSSR count). The SMILES string of the molecule is C[Si]c1cc2ccccc2s1. The molecule has 0 amide bonds. The maximum atomic E-state index is 2.29.